The van der Waals surface area contributed by atoms with Gasteiger partial charge in [0.15, 0.2) is 0 Å². The lowest BCUT2D eigenvalue weighted by Crippen LogP contribution is -2.35. The van der Waals surface area contributed by atoms with Crippen LogP contribution in [0, 0.1) is 0 Å². The molecule has 0 aliphatic carbocycles. The fraction of sp³-hybridized carbons (Fsp3) is 0.571. The van der Waals surface area contributed by atoms with Crippen molar-refractivity contribution in [2.24, 2.45) is 0 Å². The van der Waals surface area contributed by atoms with Crippen molar-refractivity contribution < 1.29 is 4.79 Å². The Hall–Kier alpha value is -1.42. The number of carbonyl (C=O) groups excluding carboxylic acids is 1. The number of nitrogens with zero attached hydrogens (tertiary/aromatic N) is 1. The van der Waals surface area contributed by atoms with Crippen LogP contribution >= 0.6 is 0 Å². The van der Waals surface area contributed by atoms with E-state index in [1.165, 1.54) is 5.56 Å². The van der Waals surface area contributed by atoms with Crippen LogP contribution in [-0.2, 0) is 11.2 Å². The zero-order valence-corrected chi connectivity index (χ0v) is 10.7. The van der Waals surface area contributed by atoms with Crippen molar-refractivity contribution in [3.8, 4) is 0 Å². The molecule has 1 aliphatic rings. The van der Waals surface area contributed by atoms with Crippen LogP contribution in [0.3, 0.4) is 0 Å². The maximum absolute atomic E-state index is 11.8. The number of carbonyl (C=O) groups is 1. The summed E-state index contributed by atoms with van der Waals surface area (Å²) in [5.41, 5.74) is 1.17. The standard InChI is InChI=1S/C14H21N3O/c18-14(4-3-12-5-9-16-10-6-12)17-13-2-1-8-15-11-7-13/h5-6,9-10,13,15H,1-4,7-8,11H2,(H,17,18). The molecule has 1 unspecified atom stereocenters. The number of hydrogen-bond donors (Lipinski definition) is 2. The molecule has 0 bridgehead atoms. The summed E-state index contributed by atoms with van der Waals surface area (Å²) < 4.78 is 0. The van der Waals surface area contributed by atoms with Gasteiger partial charge in [-0.15, -0.1) is 0 Å². The molecule has 1 amide bonds. The van der Waals surface area contributed by atoms with Gasteiger partial charge in [-0.25, -0.2) is 0 Å². The van der Waals surface area contributed by atoms with Crippen molar-refractivity contribution in [3.63, 3.8) is 0 Å². The Labute approximate surface area is 108 Å². The zero-order chi connectivity index (χ0) is 12.6. The summed E-state index contributed by atoms with van der Waals surface area (Å²) in [6.07, 6.45) is 8.17. The highest BCUT2D eigenvalue weighted by molar-refractivity contribution is 5.76. The summed E-state index contributed by atoms with van der Waals surface area (Å²) in [5.74, 6) is 0.165. The predicted octanol–water partition coefficient (Wildman–Crippen LogP) is 1.27. The molecule has 2 rings (SSSR count). The molecule has 0 aromatic carbocycles. The highest BCUT2D eigenvalue weighted by Crippen LogP contribution is 2.06. The molecule has 2 heterocycles. The smallest absolute Gasteiger partial charge is 0.220 e. The van der Waals surface area contributed by atoms with Gasteiger partial charge in [0.1, 0.15) is 0 Å². The first-order chi connectivity index (χ1) is 8.84. The van der Waals surface area contributed by atoms with Gasteiger partial charge < -0.3 is 10.6 Å². The fourth-order valence-electron chi connectivity index (χ4n) is 2.27. The minimum Gasteiger partial charge on any atom is -0.353 e. The second-order valence-electron chi connectivity index (χ2n) is 4.80. The van der Waals surface area contributed by atoms with Crippen molar-refractivity contribution in [1.82, 2.24) is 15.6 Å². The average Bonchev–Trinajstić information content (AvgIpc) is 2.66. The summed E-state index contributed by atoms with van der Waals surface area (Å²) in [6.45, 7) is 2.08. The van der Waals surface area contributed by atoms with E-state index in [1.807, 2.05) is 12.1 Å². The Morgan fingerprint density at radius 3 is 3.00 bits per heavy atom. The van der Waals surface area contributed by atoms with E-state index in [9.17, 15) is 4.79 Å². The van der Waals surface area contributed by atoms with Crippen molar-refractivity contribution in [1.29, 1.82) is 0 Å². The van der Waals surface area contributed by atoms with Crippen LogP contribution in [0.1, 0.15) is 31.2 Å². The molecule has 4 heteroatoms. The van der Waals surface area contributed by atoms with E-state index >= 15 is 0 Å². The Bertz CT molecular complexity index is 359. The van der Waals surface area contributed by atoms with Crippen LogP contribution < -0.4 is 10.6 Å². The van der Waals surface area contributed by atoms with Gasteiger partial charge in [0, 0.05) is 24.9 Å². The first-order valence-electron chi connectivity index (χ1n) is 6.73. The quantitative estimate of drug-likeness (QED) is 0.842. The zero-order valence-electron chi connectivity index (χ0n) is 10.7. The minimum atomic E-state index is 0.165. The third kappa shape index (κ3) is 4.45. The molecule has 0 radical (unpaired) electrons. The maximum atomic E-state index is 11.8. The van der Waals surface area contributed by atoms with E-state index in [-0.39, 0.29) is 5.91 Å². The molecule has 2 N–H and O–H groups in total. The number of aromatic nitrogens is 1. The molecule has 4 nitrogen and oxygen atoms in total. The normalized spacial score (nSPS) is 20.1. The molecule has 1 atom stereocenters. The van der Waals surface area contributed by atoms with E-state index in [4.69, 9.17) is 0 Å². The summed E-state index contributed by atoms with van der Waals surface area (Å²) >= 11 is 0. The third-order valence-corrected chi connectivity index (χ3v) is 3.33. The molecule has 98 valence electrons. The van der Waals surface area contributed by atoms with E-state index in [1.54, 1.807) is 12.4 Å². The van der Waals surface area contributed by atoms with Crippen LogP contribution in [0.15, 0.2) is 24.5 Å². The van der Waals surface area contributed by atoms with Crippen LogP contribution in [0.4, 0.5) is 0 Å². The van der Waals surface area contributed by atoms with Gasteiger partial charge in [-0.2, -0.15) is 0 Å². The molecular weight excluding hydrogens is 226 g/mol. The van der Waals surface area contributed by atoms with Gasteiger partial charge in [0.05, 0.1) is 0 Å². The summed E-state index contributed by atoms with van der Waals surface area (Å²) in [5, 5.41) is 6.48. The third-order valence-electron chi connectivity index (χ3n) is 3.33. The first kappa shape index (κ1) is 13.0. The monoisotopic (exact) mass is 247 g/mol. The van der Waals surface area contributed by atoms with Crippen molar-refractivity contribution in [2.45, 2.75) is 38.1 Å². The lowest BCUT2D eigenvalue weighted by molar-refractivity contribution is -0.121. The highest BCUT2D eigenvalue weighted by Gasteiger charge is 2.13. The van der Waals surface area contributed by atoms with E-state index in [2.05, 4.69) is 15.6 Å². The fourth-order valence-corrected chi connectivity index (χ4v) is 2.27. The van der Waals surface area contributed by atoms with Crippen LogP contribution in [-0.4, -0.2) is 30.0 Å². The molecule has 1 saturated heterocycles. The van der Waals surface area contributed by atoms with Crippen LogP contribution in [0.2, 0.25) is 0 Å². The van der Waals surface area contributed by atoms with Crippen LogP contribution in [0.5, 0.6) is 0 Å². The lowest BCUT2D eigenvalue weighted by Gasteiger charge is -2.15. The summed E-state index contributed by atoms with van der Waals surface area (Å²) in [7, 11) is 0. The molecule has 1 aromatic heterocycles. The molecule has 1 aromatic rings. The average molecular weight is 247 g/mol. The Morgan fingerprint density at radius 1 is 1.33 bits per heavy atom. The Morgan fingerprint density at radius 2 is 2.17 bits per heavy atom. The largest absolute Gasteiger partial charge is 0.353 e. The van der Waals surface area contributed by atoms with Gasteiger partial charge in [0.25, 0.3) is 0 Å². The molecule has 0 saturated carbocycles. The van der Waals surface area contributed by atoms with Gasteiger partial charge in [0.2, 0.25) is 5.91 Å². The topological polar surface area (TPSA) is 54.0 Å². The number of hydrogen-bond acceptors (Lipinski definition) is 3. The second-order valence-corrected chi connectivity index (χ2v) is 4.80. The maximum Gasteiger partial charge on any atom is 0.220 e. The van der Waals surface area contributed by atoms with E-state index < -0.39 is 0 Å². The predicted molar refractivity (Wildman–Crippen MR) is 71.2 cm³/mol. The summed E-state index contributed by atoms with van der Waals surface area (Å²) in [4.78, 5) is 15.8. The summed E-state index contributed by atoms with van der Waals surface area (Å²) in [6, 6.07) is 4.27. The van der Waals surface area contributed by atoms with Gasteiger partial charge in [-0.3, -0.25) is 9.78 Å². The van der Waals surface area contributed by atoms with Crippen molar-refractivity contribution in [2.75, 3.05) is 13.1 Å². The molecule has 0 spiro atoms. The molecule has 18 heavy (non-hydrogen) atoms. The molecular formula is C14H21N3O. The van der Waals surface area contributed by atoms with Gasteiger partial charge >= 0.3 is 0 Å². The number of aryl methyl sites for hydroxylation is 1. The number of nitrogens with one attached hydrogen (secondary N) is 2. The number of rotatable bonds is 4. The number of amides is 1. The Kier molecular flexibility index (Phi) is 5.15. The molecule has 1 aliphatic heterocycles. The van der Waals surface area contributed by atoms with E-state index in [0.29, 0.717) is 12.5 Å². The van der Waals surface area contributed by atoms with E-state index in [0.717, 1.165) is 38.8 Å². The number of pyridine rings is 1. The first-order valence-corrected chi connectivity index (χ1v) is 6.73. The highest BCUT2D eigenvalue weighted by atomic mass is 16.1. The van der Waals surface area contributed by atoms with Crippen LogP contribution in [0.25, 0.3) is 0 Å². The van der Waals surface area contributed by atoms with Crippen molar-refractivity contribution >= 4 is 5.91 Å². The second kappa shape index (κ2) is 7.11. The van der Waals surface area contributed by atoms with Gasteiger partial charge in [-0.1, -0.05) is 0 Å². The SMILES string of the molecule is O=C(CCc1ccncc1)NC1CCCNCC1. The molecule has 1 fully saturated rings. The van der Waals surface area contributed by atoms with Crippen molar-refractivity contribution in [3.05, 3.63) is 30.1 Å². The lowest BCUT2D eigenvalue weighted by atomic mass is 10.1. The van der Waals surface area contributed by atoms with Gasteiger partial charge in [-0.05, 0) is 56.5 Å². The minimum absolute atomic E-state index is 0.165. The Balaban J connectivity index is 1.71.